The third kappa shape index (κ3) is 5.75. The van der Waals surface area contributed by atoms with Crippen LogP contribution < -0.4 is 14.8 Å². The molecule has 2 aromatic carbocycles. The van der Waals surface area contributed by atoms with Crippen molar-refractivity contribution in [3.05, 3.63) is 59.7 Å². The molecule has 1 aliphatic rings. The highest BCUT2D eigenvalue weighted by molar-refractivity contribution is 5.88. The zero-order valence-corrected chi connectivity index (χ0v) is 17.7. The van der Waals surface area contributed by atoms with E-state index in [1.807, 2.05) is 55.5 Å². The van der Waals surface area contributed by atoms with Gasteiger partial charge in [0.2, 0.25) is 5.91 Å². The van der Waals surface area contributed by atoms with Crippen LogP contribution in [0.1, 0.15) is 37.3 Å². The second-order valence-electron chi connectivity index (χ2n) is 7.52. The first kappa shape index (κ1) is 21.7. The van der Waals surface area contributed by atoms with E-state index in [9.17, 15) is 9.59 Å². The number of nitrogens with one attached hydrogen (secondary N) is 1. The number of aryl methyl sites for hydroxylation is 1. The van der Waals surface area contributed by atoms with E-state index in [2.05, 4.69) is 12.2 Å². The molecule has 0 radical (unpaired) electrons. The predicted molar refractivity (Wildman–Crippen MR) is 115 cm³/mol. The number of nitrogens with zero attached hydrogens (tertiary/aromatic N) is 1. The molecule has 2 amide bonds. The van der Waals surface area contributed by atoms with Gasteiger partial charge in [0.05, 0.1) is 6.61 Å². The van der Waals surface area contributed by atoms with Crippen molar-refractivity contribution in [1.82, 2.24) is 10.2 Å². The Hall–Kier alpha value is -3.02. The molecule has 6 nitrogen and oxygen atoms in total. The number of carbonyl (C=O) groups excluding carboxylic acids is 2. The van der Waals surface area contributed by atoms with Gasteiger partial charge in [0.25, 0.3) is 5.91 Å². The Labute approximate surface area is 178 Å². The van der Waals surface area contributed by atoms with Gasteiger partial charge in [0, 0.05) is 13.1 Å². The van der Waals surface area contributed by atoms with Gasteiger partial charge in [0.15, 0.2) is 6.61 Å². The second-order valence-corrected chi connectivity index (χ2v) is 7.52. The van der Waals surface area contributed by atoms with E-state index in [4.69, 9.17) is 9.47 Å². The molecule has 0 aromatic heterocycles. The zero-order chi connectivity index (χ0) is 21.3. The first-order valence-electron chi connectivity index (χ1n) is 10.6. The second kappa shape index (κ2) is 10.7. The van der Waals surface area contributed by atoms with Crippen LogP contribution in [0.4, 0.5) is 0 Å². The van der Waals surface area contributed by atoms with Crippen LogP contribution in [0.2, 0.25) is 0 Å². The quantitative estimate of drug-likeness (QED) is 0.687. The molecule has 160 valence electrons. The molecule has 1 saturated heterocycles. The number of benzene rings is 2. The van der Waals surface area contributed by atoms with E-state index in [-0.39, 0.29) is 18.4 Å². The first-order valence-corrected chi connectivity index (χ1v) is 10.6. The molecule has 2 aromatic rings. The van der Waals surface area contributed by atoms with Gasteiger partial charge in [-0.1, -0.05) is 37.3 Å². The SMILES string of the molecule is CCCOc1ccc(CN(C(=O)COc2ccccc2)[C@H]2CCCNC2=O)cc1C. The minimum atomic E-state index is -0.484. The topological polar surface area (TPSA) is 67.9 Å². The van der Waals surface area contributed by atoms with Crippen molar-refractivity contribution in [2.45, 2.75) is 45.7 Å². The minimum absolute atomic E-state index is 0.103. The summed E-state index contributed by atoms with van der Waals surface area (Å²) < 4.78 is 11.4. The molecule has 3 rings (SSSR count). The molecule has 1 aliphatic heterocycles. The number of para-hydroxylation sites is 1. The third-order valence-corrected chi connectivity index (χ3v) is 5.11. The monoisotopic (exact) mass is 410 g/mol. The average molecular weight is 411 g/mol. The number of amides is 2. The fourth-order valence-corrected chi connectivity index (χ4v) is 3.55. The molecule has 1 heterocycles. The standard InChI is InChI=1S/C24H30N2O4/c1-3-14-29-22-12-11-19(15-18(22)2)16-26(21-10-7-13-25-24(21)28)23(27)17-30-20-8-5-4-6-9-20/h4-6,8-9,11-12,15,21H,3,7,10,13-14,16-17H2,1-2H3,(H,25,28)/t21-/m0/s1. The summed E-state index contributed by atoms with van der Waals surface area (Å²) in [7, 11) is 0. The van der Waals surface area contributed by atoms with Crippen LogP contribution >= 0.6 is 0 Å². The minimum Gasteiger partial charge on any atom is -0.493 e. The highest BCUT2D eigenvalue weighted by Gasteiger charge is 2.32. The number of hydrogen-bond acceptors (Lipinski definition) is 4. The summed E-state index contributed by atoms with van der Waals surface area (Å²) in [4.78, 5) is 27.2. The Kier molecular flexibility index (Phi) is 7.71. The fourth-order valence-electron chi connectivity index (χ4n) is 3.55. The molecule has 1 atom stereocenters. The van der Waals surface area contributed by atoms with Gasteiger partial charge in [-0.05, 0) is 55.5 Å². The maximum atomic E-state index is 13.1. The molecular weight excluding hydrogens is 380 g/mol. The van der Waals surface area contributed by atoms with Gasteiger partial charge >= 0.3 is 0 Å². The van der Waals surface area contributed by atoms with Crippen molar-refractivity contribution in [1.29, 1.82) is 0 Å². The Morgan fingerprint density at radius 3 is 2.67 bits per heavy atom. The molecule has 30 heavy (non-hydrogen) atoms. The van der Waals surface area contributed by atoms with Crippen LogP contribution in [0.25, 0.3) is 0 Å². The van der Waals surface area contributed by atoms with Crippen molar-refractivity contribution in [3.63, 3.8) is 0 Å². The largest absolute Gasteiger partial charge is 0.493 e. The van der Waals surface area contributed by atoms with E-state index in [0.717, 1.165) is 29.7 Å². The lowest BCUT2D eigenvalue weighted by Crippen LogP contribution is -2.53. The normalized spacial score (nSPS) is 15.9. The van der Waals surface area contributed by atoms with Crippen molar-refractivity contribution >= 4 is 11.8 Å². The highest BCUT2D eigenvalue weighted by atomic mass is 16.5. The molecule has 0 bridgehead atoms. The van der Waals surface area contributed by atoms with Gasteiger partial charge in [0.1, 0.15) is 17.5 Å². The van der Waals surface area contributed by atoms with Crippen LogP contribution in [0.3, 0.4) is 0 Å². The average Bonchev–Trinajstić information content (AvgIpc) is 2.76. The summed E-state index contributed by atoms with van der Waals surface area (Å²) in [5.74, 6) is 1.17. The van der Waals surface area contributed by atoms with E-state index < -0.39 is 6.04 Å². The van der Waals surface area contributed by atoms with Gasteiger partial charge in [-0.25, -0.2) is 0 Å². The summed E-state index contributed by atoms with van der Waals surface area (Å²) in [6.07, 6.45) is 2.45. The smallest absolute Gasteiger partial charge is 0.261 e. The summed E-state index contributed by atoms with van der Waals surface area (Å²) in [5.41, 5.74) is 1.98. The van der Waals surface area contributed by atoms with Crippen molar-refractivity contribution in [2.75, 3.05) is 19.8 Å². The highest BCUT2D eigenvalue weighted by Crippen LogP contribution is 2.22. The Morgan fingerprint density at radius 2 is 1.97 bits per heavy atom. The lowest BCUT2D eigenvalue weighted by molar-refractivity contribution is -0.144. The van der Waals surface area contributed by atoms with Crippen LogP contribution in [-0.4, -0.2) is 42.5 Å². The molecule has 6 heteroatoms. The maximum Gasteiger partial charge on any atom is 0.261 e. The summed E-state index contributed by atoms with van der Waals surface area (Å²) >= 11 is 0. The number of piperidine rings is 1. The van der Waals surface area contributed by atoms with Crippen LogP contribution in [-0.2, 0) is 16.1 Å². The Bertz CT molecular complexity index is 854. The molecule has 0 unspecified atom stereocenters. The summed E-state index contributed by atoms with van der Waals surface area (Å²) in [6, 6.07) is 14.7. The van der Waals surface area contributed by atoms with Crippen molar-refractivity contribution in [2.24, 2.45) is 0 Å². The Morgan fingerprint density at radius 1 is 1.17 bits per heavy atom. The lowest BCUT2D eigenvalue weighted by atomic mass is 10.0. The van der Waals surface area contributed by atoms with E-state index in [1.165, 1.54) is 0 Å². The molecule has 0 aliphatic carbocycles. The van der Waals surface area contributed by atoms with Gasteiger partial charge < -0.3 is 19.7 Å². The van der Waals surface area contributed by atoms with Crippen molar-refractivity contribution < 1.29 is 19.1 Å². The zero-order valence-electron chi connectivity index (χ0n) is 17.7. The fraction of sp³-hybridized carbons (Fsp3) is 0.417. The number of rotatable bonds is 9. The van der Waals surface area contributed by atoms with Crippen LogP contribution in [0.5, 0.6) is 11.5 Å². The van der Waals surface area contributed by atoms with Gasteiger partial charge in [-0.15, -0.1) is 0 Å². The Balaban J connectivity index is 1.74. The lowest BCUT2D eigenvalue weighted by Gasteiger charge is -2.33. The molecular formula is C24H30N2O4. The van der Waals surface area contributed by atoms with Crippen LogP contribution in [0, 0.1) is 6.92 Å². The summed E-state index contributed by atoms with van der Waals surface area (Å²) in [5, 5.41) is 2.88. The number of ether oxygens (including phenoxy) is 2. The van der Waals surface area contributed by atoms with Gasteiger partial charge in [-0.2, -0.15) is 0 Å². The number of carbonyl (C=O) groups is 2. The van der Waals surface area contributed by atoms with E-state index in [0.29, 0.717) is 31.9 Å². The molecule has 0 spiro atoms. The van der Waals surface area contributed by atoms with E-state index >= 15 is 0 Å². The predicted octanol–water partition coefficient (Wildman–Crippen LogP) is 3.47. The third-order valence-electron chi connectivity index (χ3n) is 5.11. The van der Waals surface area contributed by atoms with Gasteiger partial charge in [-0.3, -0.25) is 9.59 Å². The molecule has 0 saturated carbocycles. The van der Waals surface area contributed by atoms with Crippen molar-refractivity contribution in [3.8, 4) is 11.5 Å². The maximum absolute atomic E-state index is 13.1. The molecule has 1 N–H and O–H groups in total. The summed E-state index contributed by atoms with van der Waals surface area (Å²) in [6.45, 7) is 5.63. The number of hydrogen-bond donors (Lipinski definition) is 1. The van der Waals surface area contributed by atoms with Crippen LogP contribution in [0.15, 0.2) is 48.5 Å². The molecule has 1 fully saturated rings. The first-order chi connectivity index (χ1) is 14.6. The van der Waals surface area contributed by atoms with E-state index in [1.54, 1.807) is 4.90 Å².